The summed E-state index contributed by atoms with van der Waals surface area (Å²) in [6.07, 6.45) is 0. The summed E-state index contributed by atoms with van der Waals surface area (Å²) < 4.78 is 26.1. The molecule has 0 unspecified atom stereocenters. The molecule has 6 heteroatoms. The van der Waals surface area contributed by atoms with Crippen molar-refractivity contribution in [1.82, 2.24) is 10.0 Å². The Morgan fingerprint density at radius 2 is 1.95 bits per heavy atom. The first-order valence-electron chi connectivity index (χ1n) is 7.23. The number of nitrogens with one attached hydrogen (secondary N) is 2. The molecule has 0 radical (unpaired) electrons. The van der Waals surface area contributed by atoms with E-state index in [9.17, 15) is 8.42 Å². The van der Waals surface area contributed by atoms with E-state index in [-0.39, 0.29) is 6.04 Å². The van der Waals surface area contributed by atoms with E-state index in [2.05, 4.69) is 33.8 Å². The van der Waals surface area contributed by atoms with Crippen LogP contribution in [0.1, 0.15) is 36.9 Å². The van der Waals surface area contributed by atoms with Crippen LogP contribution in [0.4, 0.5) is 0 Å². The molecule has 4 nitrogen and oxygen atoms in total. The summed E-state index contributed by atoms with van der Waals surface area (Å²) in [6, 6.07) is 9.28. The van der Waals surface area contributed by atoms with Gasteiger partial charge in [0.15, 0.2) is 0 Å². The third-order valence-electron chi connectivity index (χ3n) is 3.78. The predicted octanol–water partition coefficient (Wildman–Crippen LogP) is 3.11. The van der Waals surface area contributed by atoms with Gasteiger partial charge in [-0.2, -0.15) is 11.3 Å². The highest BCUT2D eigenvalue weighted by atomic mass is 32.2. The summed E-state index contributed by atoms with van der Waals surface area (Å²) in [6.45, 7) is 5.08. The summed E-state index contributed by atoms with van der Waals surface area (Å²) >= 11 is 1.70. The van der Waals surface area contributed by atoms with Crippen molar-refractivity contribution >= 4 is 21.4 Å². The van der Waals surface area contributed by atoms with Crippen molar-refractivity contribution in [3.63, 3.8) is 0 Å². The summed E-state index contributed by atoms with van der Waals surface area (Å²) in [5.74, 6) is 0.429. The van der Waals surface area contributed by atoms with E-state index in [0.717, 1.165) is 12.1 Å². The van der Waals surface area contributed by atoms with Crippen LogP contribution in [0.3, 0.4) is 0 Å². The molecule has 0 amide bonds. The second-order valence-corrected chi connectivity index (χ2v) is 8.03. The van der Waals surface area contributed by atoms with Crippen molar-refractivity contribution < 1.29 is 8.42 Å². The van der Waals surface area contributed by atoms with E-state index < -0.39 is 10.0 Å². The lowest BCUT2D eigenvalue weighted by atomic mass is 10.0. The van der Waals surface area contributed by atoms with Crippen LogP contribution >= 0.6 is 11.3 Å². The smallest absolute Gasteiger partial charge is 0.240 e. The first kappa shape index (κ1) is 17.1. The molecule has 0 saturated carbocycles. The quantitative estimate of drug-likeness (QED) is 0.815. The van der Waals surface area contributed by atoms with Gasteiger partial charge >= 0.3 is 0 Å². The zero-order valence-electron chi connectivity index (χ0n) is 13.0. The van der Waals surface area contributed by atoms with Gasteiger partial charge in [-0.15, -0.1) is 0 Å². The Labute approximate surface area is 136 Å². The number of hydrogen-bond donors (Lipinski definition) is 2. The maximum absolute atomic E-state index is 11.9. The molecular formula is C16H22N2O2S2. The zero-order valence-corrected chi connectivity index (χ0v) is 14.7. The van der Waals surface area contributed by atoms with Crippen LogP contribution in [0, 0.1) is 0 Å². The molecule has 0 saturated heterocycles. The minimum atomic E-state index is -3.40. The third-order valence-corrected chi connectivity index (χ3v) is 5.89. The molecule has 2 N–H and O–H groups in total. The predicted molar refractivity (Wildman–Crippen MR) is 91.8 cm³/mol. The highest BCUT2D eigenvalue weighted by Gasteiger charge is 2.14. The fraction of sp³-hybridized carbons (Fsp3) is 0.375. The summed E-state index contributed by atoms with van der Waals surface area (Å²) in [7, 11) is -1.97. The monoisotopic (exact) mass is 338 g/mol. The van der Waals surface area contributed by atoms with E-state index in [1.807, 2.05) is 13.0 Å². The van der Waals surface area contributed by atoms with E-state index in [1.54, 1.807) is 29.5 Å². The maximum Gasteiger partial charge on any atom is 0.240 e. The van der Waals surface area contributed by atoms with Gasteiger partial charge in [0.1, 0.15) is 0 Å². The molecule has 2 rings (SSSR count). The third kappa shape index (κ3) is 4.16. The average Bonchev–Trinajstić information content (AvgIpc) is 3.07. The minimum absolute atomic E-state index is 0.0908. The van der Waals surface area contributed by atoms with Crippen molar-refractivity contribution in [2.24, 2.45) is 0 Å². The van der Waals surface area contributed by atoms with Crippen molar-refractivity contribution in [1.29, 1.82) is 0 Å². The van der Waals surface area contributed by atoms with Gasteiger partial charge < -0.3 is 5.32 Å². The summed E-state index contributed by atoms with van der Waals surface area (Å²) in [5, 5.41) is 7.72. The van der Waals surface area contributed by atoms with Crippen LogP contribution in [0.15, 0.2) is 46.0 Å². The highest BCUT2D eigenvalue weighted by Crippen LogP contribution is 2.20. The van der Waals surface area contributed by atoms with Gasteiger partial charge in [-0.1, -0.05) is 19.1 Å². The van der Waals surface area contributed by atoms with Crippen molar-refractivity contribution in [3.8, 4) is 0 Å². The van der Waals surface area contributed by atoms with Gasteiger partial charge in [-0.05, 0) is 60.0 Å². The number of benzene rings is 1. The molecule has 0 fully saturated rings. The molecule has 1 aromatic heterocycles. The Morgan fingerprint density at radius 3 is 2.59 bits per heavy atom. The fourth-order valence-electron chi connectivity index (χ4n) is 2.21. The van der Waals surface area contributed by atoms with Gasteiger partial charge in [0, 0.05) is 12.6 Å². The lowest BCUT2D eigenvalue weighted by Gasteiger charge is -2.18. The largest absolute Gasteiger partial charge is 0.310 e. The lowest BCUT2D eigenvalue weighted by Crippen LogP contribution is -2.24. The van der Waals surface area contributed by atoms with E-state index in [0.29, 0.717) is 10.8 Å². The lowest BCUT2D eigenvalue weighted by molar-refractivity contribution is 0.536. The van der Waals surface area contributed by atoms with Crippen molar-refractivity contribution in [2.75, 3.05) is 13.6 Å². The van der Waals surface area contributed by atoms with E-state index in [1.165, 1.54) is 12.6 Å². The molecule has 1 aromatic carbocycles. The minimum Gasteiger partial charge on any atom is -0.310 e. The molecule has 120 valence electrons. The van der Waals surface area contributed by atoms with E-state index >= 15 is 0 Å². The normalized spacial score (nSPS) is 14.7. The molecule has 0 spiro atoms. The van der Waals surface area contributed by atoms with E-state index in [4.69, 9.17) is 0 Å². The number of hydrogen-bond acceptors (Lipinski definition) is 4. The van der Waals surface area contributed by atoms with Crippen LogP contribution < -0.4 is 10.0 Å². The summed E-state index contributed by atoms with van der Waals surface area (Å²) in [4.78, 5) is 0.298. The molecule has 0 aliphatic rings. The van der Waals surface area contributed by atoms with Crippen LogP contribution in [-0.4, -0.2) is 22.0 Å². The van der Waals surface area contributed by atoms with Crippen molar-refractivity contribution in [3.05, 3.63) is 52.2 Å². The van der Waals surface area contributed by atoms with Crippen LogP contribution in [0.5, 0.6) is 0 Å². The molecule has 2 atom stereocenters. The maximum atomic E-state index is 11.9. The molecule has 0 aliphatic carbocycles. The Morgan fingerprint density at radius 1 is 1.18 bits per heavy atom. The van der Waals surface area contributed by atoms with Crippen LogP contribution in [0.25, 0.3) is 0 Å². The van der Waals surface area contributed by atoms with Gasteiger partial charge in [-0.3, -0.25) is 0 Å². The molecule has 0 bridgehead atoms. The summed E-state index contributed by atoms with van der Waals surface area (Å²) in [5.41, 5.74) is 2.30. The van der Waals surface area contributed by atoms with Gasteiger partial charge in [0.25, 0.3) is 0 Å². The SMILES string of the molecule is CNS(=O)(=O)c1cccc([C@@H](C)NC[C@H](C)c2ccsc2)c1. The first-order valence-corrected chi connectivity index (χ1v) is 9.65. The highest BCUT2D eigenvalue weighted by molar-refractivity contribution is 7.89. The fourth-order valence-corrected chi connectivity index (χ4v) is 3.78. The number of sulfonamides is 1. The van der Waals surface area contributed by atoms with Gasteiger partial charge in [0.05, 0.1) is 4.90 Å². The average molecular weight is 338 g/mol. The standard InChI is InChI=1S/C16H22N2O2S2/c1-12(15-7-8-21-11-15)10-18-13(2)14-5-4-6-16(9-14)22(19,20)17-3/h4-9,11-13,17-18H,10H2,1-3H3/t12-,13+/m0/s1. The molecule has 22 heavy (non-hydrogen) atoms. The Balaban J connectivity index is 2.04. The zero-order chi connectivity index (χ0) is 16.2. The topological polar surface area (TPSA) is 58.2 Å². The molecule has 1 heterocycles. The first-order chi connectivity index (χ1) is 10.4. The number of rotatable bonds is 7. The second-order valence-electron chi connectivity index (χ2n) is 5.37. The molecule has 2 aromatic rings. The van der Waals surface area contributed by atoms with Crippen LogP contribution in [0.2, 0.25) is 0 Å². The van der Waals surface area contributed by atoms with Gasteiger partial charge in [0.2, 0.25) is 10.0 Å². The Bertz CT molecular complexity index is 697. The Kier molecular flexibility index (Phi) is 5.74. The number of thiophene rings is 1. The molecular weight excluding hydrogens is 316 g/mol. The second kappa shape index (κ2) is 7.37. The van der Waals surface area contributed by atoms with Crippen molar-refractivity contribution in [2.45, 2.75) is 30.7 Å². The van der Waals surface area contributed by atoms with Gasteiger partial charge in [-0.25, -0.2) is 13.1 Å². The Hall–Kier alpha value is -1.21. The van der Waals surface area contributed by atoms with Crippen LogP contribution in [-0.2, 0) is 10.0 Å². The molecule has 0 aliphatic heterocycles.